The molecule has 0 aromatic heterocycles. The van der Waals surface area contributed by atoms with E-state index in [-0.39, 0.29) is 5.91 Å². The summed E-state index contributed by atoms with van der Waals surface area (Å²) in [5, 5.41) is 0. The van der Waals surface area contributed by atoms with Crippen LogP contribution in [-0.2, 0) is 9.53 Å². The largest absolute Gasteiger partial charge is 0.380 e. The van der Waals surface area contributed by atoms with Crippen LogP contribution in [0.25, 0.3) is 0 Å². The van der Waals surface area contributed by atoms with Crippen LogP contribution in [0, 0.1) is 0 Å². The van der Waals surface area contributed by atoms with Crippen molar-refractivity contribution >= 4 is 5.91 Å². The van der Waals surface area contributed by atoms with Crippen molar-refractivity contribution in [2.45, 2.75) is 19.8 Å². The second kappa shape index (κ2) is 4.34. The summed E-state index contributed by atoms with van der Waals surface area (Å²) in [7, 11) is 0. The van der Waals surface area contributed by atoms with Crippen LogP contribution >= 0.6 is 0 Å². The molecule has 0 atom stereocenters. The summed E-state index contributed by atoms with van der Waals surface area (Å²) < 4.78 is 5.15. The monoisotopic (exact) mass is 157 g/mol. The van der Waals surface area contributed by atoms with Crippen LogP contribution in [0.2, 0.25) is 0 Å². The molecule has 0 spiro atoms. The summed E-state index contributed by atoms with van der Waals surface area (Å²) in [5.74, 6) is 0.282. The predicted molar refractivity (Wildman–Crippen MR) is 42.3 cm³/mol. The minimum atomic E-state index is 0.282. The summed E-state index contributed by atoms with van der Waals surface area (Å²) in [5.41, 5.74) is 0. The summed E-state index contributed by atoms with van der Waals surface area (Å²) in [6.45, 7) is 5.08. The van der Waals surface area contributed by atoms with Crippen molar-refractivity contribution in [3.05, 3.63) is 0 Å². The van der Waals surface area contributed by atoms with Gasteiger partial charge in [0.25, 0.3) is 0 Å². The molecule has 1 aliphatic rings. The van der Waals surface area contributed by atoms with Crippen LogP contribution in [0.5, 0.6) is 0 Å². The Labute approximate surface area is 67.3 Å². The first-order chi connectivity index (χ1) is 5.34. The molecule has 1 rings (SSSR count). The Morgan fingerprint density at radius 2 is 2.45 bits per heavy atom. The molecule has 1 fully saturated rings. The zero-order valence-corrected chi connectivity index (χ0v) is 7.01. The fourth-order valence-corrected chi connectivity index (χ4v) is 1.26. The van der Waals surface area contributed by atoms with E-state index < -0.39 is 0 Å². The molecule has 0 aliphatic carbocycles. The van der Waals surface area contributed by atoms with Gasteiger partial charge in [-0.2, -0.15) is 0 Å². The van der Waals surface area contributed by atoms with Crippen LogP contribution in [0.4, 0.5) is 0 Å². The third-order valence-electron chi connectivity index (χ3n) is 1.88. The Morgan fingerprint density at radius 3 is 3.00 bits per heavy atom. The number of likely N-dealkylation sites (tertiary alicyclic amines) is 1. The SMILES string of the molecule is CCOCCN1CCCC1=O. The van der Waals surface area contributed by atoms with Crippen molar-refractivity contribution < 1.29 is 9.53 Å². The van der Waals surface area contributed by atoms with Crippen LogP contribution in [0.1, 0.15) is 19.8 Å². The number of rotatable bonds is 4. The predicted octanol–water partition coefficient (Wildman–Crippen LogP) is 0.645. The molecule has 1 saturated heterocycles. The number of hydrogen-bond donors (Lipinski definition) is 0. The van der Waals surface area contributed by atoms with Gasteiger partial charge in [0.15, 0.2) is 0 Å². The van der Waals surface area contributed by atoms with E-state index in [4.69, 9.17) is 4.74 Å². The minimum Gasteiger partial charge on any atom is -0.380 e. The lowest BCUT2D eigenvalue weighted by atomic mass is 10.4. The average Bonchev–Trinajstić information content (AvgIpc) is 2.37. The van der Waals surface area contributed by atoms with Crippen molar-refractivity contribution in [3.63, 3.8) is 0 Å². The quantitative estimate of drug-likeness (QED) is 0.561. The summed E-state index contributed by atoms with van der Waals surface area (Å²) >= 11 is 0. The van der Waals surface area contributed by atoms with Gasteiger partial charge in [-0.25, -0.2) is 0 Å². The van der Waals surface area contributed by atoms with Gasteiger partial charge in [-0.1, -0.05) is 0 Å². The summed E-state index contributed by atoms with van der Waals surface area (Å²) in [4.78, 5) is 12.9. The zero-order chi connectivity index (χ0) is 8.10. The lowest BCUT2D eigenvalue weighted by Gasteiger charge is -2.14. The smallest absolute Gasteiger partial charge is 0.222 e. The van der Waals surface area contributed by atoms with Gasteiger partial charge in [-0.3, -0.25) is 4.79 Å². The average molecular weight is 157 g/mol. The maximum absolute atomic E-state index is 11.0. The maximum atomic E-state index is 11.0. The Bertz CT molecular complexity index is 136. The fraction of sp³-hybridized carbons (Fsp3) is 0.875. The van der Waals surface area contributed by atoms with Gasteiger partial charge in [0, 0.05) is 26.1 Å². The molecule has 0 N–H and O–H groups in total. The Morgan fingerprint density at radius 1 is 1.64 bits per heavy atom. The van der Waals surface area contributed by atoms with E-state index >= 15 is 0 Å². The van der Waals surface area contributed by atoms with Gasteiger partial charge < -0.3 is 9.64 Å². The van der Waals surface area contributed by atoms with Crippen LogP contribution in [0.15, 0.2) is 0 Å². The van der Waals surface area contributed by atoms with Crippen molar-refractivity contribution in [1.29, 1.82) is 0 Å². The third-order valence-corrected chi connectivity index (χ3v) is 1.88. The number of nitrogens with zero attached hydrogens (tertiary/aromatic N) is 1. The van der Waals surface area contributed by atoms with Crippen molar-refractivity contribution in [3.8, 4) is 0 Å². The van der Waals surface area contributed by atoms with Crippen LogP contribution in [0.3, 0.4) is 0 Å². The first kappa shape index (κ1) is 8.53. The molecule has 0 bridgehead atoms. The lowest BCUT2D eigenvalue weighted by molar-refractivity contribution is -0.128. The molecule has 11 heavy (non-hydrogen) atoms. The second-order valence-corrected chi connectivity index (χ2v) is 2.68. The van der Waals surface area contributed by atoms with Crippen molar-refractivity contribution in [2.24, 2.45) is 0 Å². The normalized spacial score (nSPS) is 17.9. The summed E-state index contributed by atoms with van der Waals surface area (Å²) in [6.07, 6.45) is 1.75. The molecule has 1 heterocycles. The van der Waals surface area contributed by atoms with Gasteiger partial charge >= 0.3 is 0 Å². The Hall–Kier alpha value is -0.570. The first-order valence-electron chi connectivity index (χ1n) is 4.20. The first-order valence-corrected chi connectivity index (χ1v) is 4.20. The topological polar surface area (TPSA) is 29.5 Å². The zero-order valence-electron chi connectivity index (χ0n) is 7.01. The Kier molecular flexibility index (Phi) is 3.36. The molecule has 0 saturated carbocycles. The highest BCUT2D eigenvalue weighted by molar-refractivity contribution is 5.77. The standard InChI is InChI=1S/C8H15NO2/c1-2-11-7-6-9-5-3-4-8(9)10/h2-7H2,1H3. The molecule has 3 heteroatoms. The van der Waals surface area contributed by atoms with Gasteiger partial charge in [0.05, 0.1) is 6.61 Å². The van der Waals surface area contributed by atoms with E-state index in [1.54, 1.807) is 0 Å². The molecule has 3 nitrogen and oxygen atoms in total. The van der Waals surface area contributed by atoms with Gasteiger partial charge in [-0.05, 0) is 13.3 Å². The third kappa shape index (κ3) is 2.50. The second-order valence-electron chi connectivity index (χ2n) is 2.68. The van der Waals surface area contributed by atoms with E-state index in [2.05, 4.69) is 0 Å². The van der Waals surface area contributed by atoms with Crippen LogP contribution in [-0.4, -0.2) is 37.1 Å². The highest BCUT2D eigenvalue weighted by atomic mass is 16.5. The van der Waals surface area contributed by atoms with E-state index in [1.165, 1.54) is 0 Å². The van der Waals surface area contributed by atoms with Crippen molar-refractivity contribution in [2.75, 3.05) is 26.3 Å². The fourth-order valence-electron chi connectivity index (χ4n) is 1.26. The highest BCUT2D eigenvalue weighted by Crippen LogP contribution is 2.08. The minimum absolute atomic E-state index is 0.282. The number of amides is 1. The molecular weight excluding hydrogens is 142 g/mol. The number of hydrogen-bond acceptors (Lipinski definition) is 2. The van der Waals surface area contributed by atoms with E-state index in [9.17, 15) is 4.79 Å². The molecule has 1 aliphatic heterocycles. The van der Waals surface area contributed by atoms with Gasteiger partial charge in [0.2, 0.25) is 5.91 Å². The van der Waals surface area contributed by atoms with E-state index in [0.717, 1.165) is 32.5 Å². The molecular formula is C8H15NO2. The molecule has 0 radical (unpaired) electrons. The maximum Gasteiger partial charge on any atom is 0.222 e. The molecule has 64 valence electrons. The summed E-state index contributed by atoms with van der Waals surface area (Å²) in [6, 6.07) is 0. The van der Waals surface area contributed by atoms with Crippen LogP contribution < -0.4 is 0 Å². The Balaban J connectivity index is 2.10. The lowest BCUT2D eigenvalue weighted by Crippen LogP contribution is -2.28. The number of ether oxygens (including phenoxy) is 1. The van der Waals surface area contributed by atoms with Gasteiger partial charge in [0.1, 0.15) is 0 Å². The van der Waals surface area contributed by atoms with Crippen molar-refractivity contribution in [1.82, 2.24) is 4.90 Å². The molecule has 1 amide bonds. The number of carbonyl (C=O) groups is 1. The van der Waals surface area contributed by atoms with Gasteiger partial charge in [-0.15, -0.1) is 0 Å². The number of carbonyl (C=O) groups excluding carboxylic acids is 1. The molecule has 0 unspecified atom stereocenters. The molecule has 0 aromatic carbocycles. The highest BCUT2D eigenvalue weighted by Gasteiger charge is 2.18. The molecule has 0 aromatic rings. The van der Waals surface area contributed by atoms with E-state index in [0.29, 0.717) is 6.61 Å². The van der Waals surface area contributed by atoms with E-state index in [1.807, 2.05) is 11.8 Å².